The van der Waals surface area contributed by atoms with E-state index in [0.29, 0.717) is 19.5 Å². The molecule has 0 N–H and O–H groups in total. The van der Waals surface area contributed by atoms with Crippen molar-refractivity contribution in [3.8, 4) is 11.3 Å². The zero-order valence-electron chi connectivity index (χ0n) is 19.0. The maximum atomic E-state index is 13.3. The van der Waals surface area contributed by atoms with E-state index in [1.165, 1.54) is 17.7 Å². The molecular formula is C27H28FN3O2S. The lowest BCUT2D eigenvalue weighted by atomic mass is 10.1. The molecule has 2 aromatic carbocycles. The molecule has 0 spiro atoms. The van der Waals surface area contributed by atoms with Crippen molar-refractivity contribution < 1.29 is 13.9 Å². The zero-order valence-corrected chi connectivity index (χ0v) is 19.8. The molecule has 1 fully saturated rings. The number of aryl methyl sites for hydroxylation is 1. The van der Waals surface area contributed by atoms with E-state index in [4.69, 9.17) is 9.72 Å². The van der Waals surface area contributed by atoms with Crippen molar-refractivity contribution in [3.05, 3.63) is 83.2 Å². The molecule has 0 bridgehead atoms. The fourth-order valence-electron chi connectivity index (χ4n) is 4.42. The molecule has 1 atom stereocenters. The molecule has 5 rings (SSSR count). The van der Waals surface area contributed by atoms with Crippen molar-refractivity contribution in [1.29, 1.82) is 0 Å². The summed E-state index contributed by atoms with van der Waals surface area (Å²) in [4.78, 5) is 20.7. The molecule has 34 heavy (non-hydrogen) atoms. The largest absolute Gasteiger partial charge is 0.376 e. The number of benzene rings is 2. The third-order valence-corrected chi connectivity index (χ3v) is 7.22. The van der Waals surface area contributed by atoms with Gasteiger partial charge < -0.3 is 9.64 Å². The lowest BCUT2D eigenvalue weighted by Crippen LogP contribution is -2.39. The van der Waals surface area contributed by atoms with Crippen molar-refractivity contribution in [2.45, 2.75) is 38.2 Å². The molecule has 2 aromatic heterocycles. The summed E-state index contributed by atoms with van der Waals surface area (Å²) in [5, 5.41) is 2.11. The number of carbonyl (C=O) groups excluding carboxylic acids is 1. The second kappa shape index (κ2) is 10.5. The third-order valence-electron chi connectivity index (χ3n) is 6.33. The van der Waals surface area contributed by atoms with Crippen LogP contribution in [0.4, 0.5) is 4.39 Å². The maximum Gasteiger partial charge on any atom is 0.223 e. The standard InChI is InChI=1S/C27H28FN3O2S/c28-22-11-9-21(10-12-22)25-18-31-23(19-34-27(31)29-25)14-15-30(17-24-7-4-16-33-24)26(32)13-8-20-5-2-1-3-6-20/h1-3,5-6,9-12,18-19,24H,4,7-8,13-17H2. The number of aromatic nitrogens is 2. The Morgan fingerprint density at radius 3 is 2.74 bits per heavy atom. The van der Waals surface area contributed by atoms with Crippen LogP contribution >= 0.6 is 11.3 Å². The van der Waals surface area contributed by atoms with Crippen molar-refractivity contribution in [3.63, 3.8) is 0 Å². The average Bonchev–Trinajstić information content (AvgIpc) is 3.60. The minimum atomic E-state index is -0.256. The lowest BCUT2D eigenvalue weighted by Gasteiger charge is -2.25. The monoisotopic (exact) mass is 477 g/mol. The van der Waals surface area contributed by atoms with E-state index >= 15 is 0 Å². The first-order chi connectivity index (χ1) is 16.7. The van der Waals surface area contributed by atoms with Gasteiger partial charge in [-0.15, -0.1) is 11.3 Å². The topological polar surface area (TPSA) is 46.8 Å². The Labute approximate surface area is 202 Å². The van der Waals surface area contributed by atoms with E-state index in [-0.39, 0.29) is 17.8 Å². The van der Waals surface area contributed by atoms with Gasteiger partial charge in [-0.3, -0.25) is 9.20 Å². The number of imidazole rings is 1. The summed E-state index contributed by atoms with van der Waals surface area (Å²) in [6.07, 6.45) is 6.17. The van der Waals surface area contributed by atoms with Gasteiger partial charge in [0.15, 0.2) is 4.96 Å². The molecule has 5 nitrogen and oxygen atoms in total. The van der Waals surface area contributed by atoms with Crippen LogP contribution in [0.3, 0.4) is 0 Å². The van der Waals surface area contributed by atoms with Gasteiger partial charge in [-0.1, -0.05) is 30.3 Å². The summed E-state index contributed by atoms with van der Waals surface area (Å²) in [5.41, 5.74) is 4.01. The maximum absolute atomic E-state index is 13.3. The Hall–Kier alpha value is -3.03. The van der Waals surface area contributed by atoms with Gasteiger partial charge in [0.2, 0.25) is 5.91 Å². The lowest BCUT2D eigenvalue weighted by molar-refractivity contribution is -0.132. The van der Waals surface area contributed by atoms with Gasteiger partial charge in [-0.2, -0.15) is 0 Å². The molecule has 4 aromatic rings. The number of amides is 1. The fourth-order valence-corrected chi connectivity index (χ4v) is 5.33. The Morgan fingerprint density at radius 2 is 1.97 bits per heavy atom. The van der Waals surface area contributed by atoms with Crippen molar-refractivity contribution >= 4 is 22.2 Å². The minimum Gasteiger partial charge on any atom is -0.376 e. The zero-order chi connectivity index (χ0) is 23.3. The highest BCUT2D eigenvalue weighted by atomic mass is 32.1. The molecule has 3 heterocycles. The number of halogens is 1. The number of rotatable bonds is 9. The predicted octanol–water partition coefficient (Wildman–Crippen LogP) is 5.38. The molecule has 0 aliphatic carbocycles. The summed E-state index contributed by atoms with van der Waals surface area (Å²) in [6, 6.07) is 16.5. The first kappa shape index (κ1) is 22.7. The second-order valence-electron chi connectivity index (χ2n) is 8.72. The summed E-state index contributed by atoms with van der Waals surface area (Å²) in [7, 11) is 0. The number of ether oxygens (including phenoxy) is 1. The van der Waals surface area contributed by atoms with Gasteiger partial charge in [-0.25, -0.2) is 9.37 Å². The van der Waals surface area contributed by atoms with Gasteiger partial charge >= 0.3 is 0 Å². The minimum absolute atomic E-state index is 0.126. The Morgan fingerprint density at radius 1 is 1.15 bits per heavy atom. The highest BCUT2D eigenvalue weighted by Crippen LogP contribution is 2.24. The smallest absolute Gasteiger partial charge is 0.223 e. The van der Waals surface area contributed by atoms with Gasteiger partial charge in [0.1, 0.15) is 5.82 Å². The molecule has 1 saturated heterocycles. The third kappa shape index (κ3) is 5.37. The van der Waals surface area contributed by atoms with Crippen LogP contribution in [-0.4, -0.2) is 46.0 Å². The number of nitrogens with zero attached hydrogens (tertiary/aromatic N) is 3. The quantitative estimate of drug-likeness (QED) is 0.325. The van der Waals surface area contributed by atoms with E-state index in [1.54, 1.807) is 23.5 Å². The number of hydrogen-bond acceptors (Lipinski definition) is 4. The van der Waals surface area contributed by atoms with Crippen LogP contribution in [0.5, 0.6) is 0 Å². The van der Waals surface area contributed by atoms with Crippen LogP contribution in [0.25, 0.3) is 16.2 Å². The van der Waals surface area contributed by atoms with Crippen LogP contribution in [0.1, 0.15) is 30.5 Å². The number of thiazole rings is 1. The number of fused-ring (bicyclic) bond motifs is 1. The van der Waals surface area contributed by atoms with Crippen LogP contribution in [0.15, 0.2) is 66.2 Å². The molecule has 1 aliphatic rings. The summed E-state index contributed by atoms with van der Waals surface area (Å²) in [6.45, 7) is 2.07. The molecular weight excluding hydrogens is 449 g/mol. The Balaban J connectivity index is 1.28. The molecule has 1 aliphatic heterocycles. The highest BCUT2D eigenvalue weighted by Gasteiger charge is 2.23. The van der Waals surface area contributed by atoms with Crippen LogP contribution in [0, 0.1) is 5.82 Å². The van der Waals surface area contributed by atoms with Crippen molar-refractivity contribution in [1.82, 2.24) is 14.3 Å². The Bertz CT molecular complexity index is 1230. The summed E-state index contributed by atoms with van der Waals surface area (Å²) in [5.74, 6) is -0.0859. The van der Waals surface area contributed by atoms with E-state index < -0.39 is 0 Å². The van der Waals surface area contributed by atoms with E-state index in [9.17, 15) is 9.18 Å². The van der Waals surface area contributed by atoms with Gasteiger partial charge in [0.05, 0.1) is 11.8 Å². The van der Waals surface area contributed by atoms with E-state index in [0.717, 1.165) is 54.2 Å². The highest BCUT2D eigenvalue weighted by molar-refractivity contribution is 7.15. The average molecular weight is 478 g/mol. The molecule has 7 heteroatoms. The van der Waals surface area contributed by atoms with E-state index in [1.807, 2.05) is 29.3 Å². The molecule has 1 amide bonds. The first-order valence-corrected chi connectivity index (χ1v) is 12.7. The molecule has 0 saturated carbocycles. The number of hydrogen-bond donors (Lipinski definition) is 0. The van der Waals surface area contributed by atoms with Gasteiger partial charge in [0.25, 0.3) is 0 Å². The van der Waals surface area contributed by atoms with Gasteiger partial charge in [-0.05, 0) is 49.1 Å². The molecule has 1 unspecified atom stereocenters. The Kier molecular flexibility index (Phi) is 7.02. The van der Waals surface area contributed by atoms with Gasteiger partial charge in [0, 0.05) is 55.4 Å². The fraction of sp³-hybridized carbons (Fsp3) is 0.333. The van der Waals surface area contributed by atoms with Crippen LogP contribution < -0.4 is 0 Å². The first-order valence-electron chi connectivity index (χ1n) is 11.8. The van der Waals surface area contributed by atoms with Crippen molar-refractivity contribution in [2.24, 2.45) is 0 Å². The molecule has 0 radical (unpaired) electrons. The van der Waals surface area contributed by atoms with E-state index in [2.05, 4.69) is 21.9 Å². The SMILES string of the molecule is O=C(CCc1ccccc1)N(CCc1csc2nc(-c3ccc(F)cc3)cn12)CC1CCCO1. The van der Waals surface area contributed by atoms with Crippen molar-refractivity contribution in [2.75, 3.05) is 19.7 Å². The predicted molar refractivity (Wildman–Crippen MR) is 132 cm³/mol. The normalized spacial score (nSPS) is 15.7. The summed E-state index contributed by atoms with van der Waals surface area (Å²) >= 11 is 1.58. The molecule has 176 valence electrons. The number of carbonyl (C=O) groups is 1. The van der Waals surface area contributed by atoms with Crippen LogP contribution in [0.2, 0.25) is 0 Å². The second-order valence-corrected chi connectivity index (χ2v) is 9.56. The van der Waals surface area contributed by atoms with Crippen LogP contribution in [-0.2, 0) is 22.4 Å². The summed E-state index contributed by atoms with van der Waals surface area (Å²) < 4.78 is 21.2.